The average molecular weight is 192 g/mol. The van der Waals surface area contributed by atoms with Crippen LogP contribution in [0, 0.1) is 11.3 Å². The summed E-state index contributed by atoms with van der Waals surface area (Å²) < 4.78 is 0. The Morgan fingerprint density at radius 3 is 2.50 bits per heavy atom. The van der Waals surface area contributed by atoms with Gasteiger partial charge in [0.1, 0.15) is 0 Å². The van der Waals surface area contributed by atoms with Crippen molar-refractivity contribution in [2.24, 2.45) is 11.3 Å². The molecule has 1 unspecified atom stereocenters. The van der Waals surface area contributed by atoms with E-state index < -0.39 is 5.97 Å². The molecule has 12 heavy (non-hydrogen) atoms. The highest BCUT2D eigenvalue weighted by Crippen LogP contribution is 2.48. The number of hydrogen-bond acceptors (Lipinski definition) is 2. The number of carboxylic acid groups (broad SMARTS) is 1. The van der Waals surface area contributed by atoms with Crippen LogP contribution in [0.4, 0.5) is 0 Å². The van der Waals surface area contributed by atoms with Crippen molar-refractivity contribution < 1.29 is 9.90 Å². The first-order valence-electron chi connectivity index (χ1n) is 4.18. The van der Waals surface area contributed by atoms with Gasteiger partial charge in [-0.3, -0.25) is 4.79 Å². The molecular weight excluding hydrogens is 178 g/mol. The van der Waals surface area contributed by atoms with Crippen molar-refractivity contribution in [3.8, 4) is 0 Å². The number of carboxylic acids is 1. The fourth-order valence-electron chi connectivity index (χ4n) is 2.31. The fourth-order valence-corrected chi connectivity index (χ4v) is 2.31. The van der Waals surface area contributed by atoms with Crippen LogP contribution in [0.2, 0.25) is 0 Å². The zero-order valence-electron chi connectivity index (χ0n) is 6.88. The summed E-state index contributed by atoms with van der Waals surface area (Å²) in [6, 6.07) is 0. The second-order valence-corrected chi connectivity index (χ2v) is 3.74. The first kappa shape index (κ1) is 9.81. The first-order valence-corrected chi connectivity index (χ1v) is 4.18. The van der Waals surface area contributed by atoms with Gasteiger partial charge in [0, 0.05) is 13.1 Å². The monoisotopic (exact) mass is 191 g/mol. The van der Waals surface area contributed by atoms with Crippen LogP contribution in [0.3, 0.4) is 0 Å². The Morgan fingerprint density at radius 2 is 2.17 bits per heavy atom. The molecule has 1 atom stereocenters. The molecule has 2 rings (SSSR count). The van der Waals surface area contributed by atoms with Crippen molar-refractivity contribution in [3.05, 3.63) is 0 Å². The molecule has 2 fully saturated rings. The van der Waals surface area contributed by atoms with Crippen LogP contribution in [-0.4, -0.2) is 24.2 Å². The summed E-state index contributed by atoms with van der Waals surface area (Å²) in [7, 11) is 0. The molecule has 3 nitrogen and oxygen atoms in total. The molecule has 1 aliphatic carbocycles. The van der Waals surface area contributed by atoms with Crippen molar-refractivity contribution in [2.75, 3.05) is 13.1 Å². The van der Waals surface area contributed by atoms with E-state index >= 15 is 0 Å². The van der Waals surface area contributed by atoms with E-state index in [4.69, 9.17) is 5.11 Å². The molecule has 1 aliphatic heterocycles. The number of halogens is 1. The van der Waals surface area contributed by atoms with E-state index in [1.807, 2.05) is 0 Å². The quantitative estimate of drug-likeness (QED) is 0.647. The minimum Gasteiger partial charge on any atom is -0.481 e. The molecule has 1 saturated heterocycles. The smallest absolute Gasteiger partial charge is 0.308 e. The van der Waals surface area contributed by atoms with Gasteiger partial charge in [-0.25, -0.2) is 0 Å². The Labute approximate surface area is 77.9 Å². The molecular formula is C8H14ClNO2. The van der Waals surface area contributed by atoms with Gasteiger partial charge in [0.15, 0.2) is 0 Å². The lowest BCUT2D eigenvalue weighted by atomic mass is 9.63. The van der Waals surface area contributed by atoms with Crippen LogP contribution in [0.1, 0.15) is 19.3 Å². The zero-order valence-corrected chi connectivity index (χ0v) is 7.69. The van der Waals surface area contributed by atoms with E-state index in [2.05, 4.69) is 5.32 Å². The van der Waals surface area contributed by atoms with E-state index in [1.54, 1.807) is 0 Å². The van der Waals surface area contributed by atoms with Gasteiger partial charge < -0.3 is 10.4 Å². The highest BCUT2D eigenvalue weighted by atomic mass is 35.5. The van der Waals surface area contributed by atoms with E-state index in [-0.39, 0.29) is 23.7 Å². The lowest BCUT2D eigenvalue weighted by Crippen LogP contribution is -2.40. The largest absolute Gasteiger partial charge is 0.481 e. The van der Waals surface area contributed by atoms with Crippen LogP contribution in [0.25, 0.3) is 0 Å². The van der Waals surface area contributed by atoms with Gasteiger partial charge in [0.05, 0.1) is 5.92 Å². The number of hydrogen-bond donors (Lipinski definition) is 2. The maximum Gasteiger partial charge on any atom is 0.308 e. The summed E-state index contributed by atoms with van der Waals surface area (Å²) in [6.07, 6.45) is 3.43. The van der Waals surface area contributed by atoms with E-state index in [0.717, 1.165) is 19.4 Å². The molecule has 0 aromatic carbocycles. The van der Waals surface area contributed by atoms with Crippen molar-refractivity contribution in [1.29, 1.82) is 0 Å². The summed E-state index contributed by atoms with van der Waals surface area (Å²) in [4.78, 5) is 10.8. The molecule has 0 aromatic heterocycles. The Balaban J connectivity index is 0.000000720. The topological polar surface area (TPSA) is 49.3 Å². The number of nitrogens with one attached hydrogen (secondary N) is 1. The molecule has 0 radical (unpaired) electrons. The molecule has 1 heterocycles. The van der Waals surface area contributed by atoms with Gasteiger partial charge >= 0.3 is 5.97 Å². The normalized spacial score (nSPS) is 30.8. The predicted octanol–water partition coefficient (Wildman–Crippen LogP) is 0.882. The highest BCUT2D eigenvalue weighted by Gasteiger charge is 2.50. The Morgan fingerprint density at radius 1 is 1.50 bits per heavy atom. The number of carbonyl (C=O) groups is 1. The molecule has 0 aromatic rings. The van der Waals surface area contributed by atoms with Gasteiger partial charge in [-0.05, 0) is 18.3 Å². The van der Waals surface area contributed by atoms with E-state index in [0.29, 0.717) is 6.54 Å². The van der Waals surface area contributed by atoms with Gasteiger partial charge in [0.2, 0.25) is 0 Å². The molecule has 2 aliphatic rings. The van der Waals surface area contributed by atoms with Crippen molar-refractivity contribution in [1.82, 2.24) is 5.32 Å². The molecule has 70 valence electrons. The molecule has 1 saturated carbocycles. The molecule has 0 bridgehead atoms. The van der Waals surface area contributed by atoms with Crippen LogP contribution in [-0.2, 0) is 4.79 Å². The average Bonchev–Trinajstić information content (AvgIpc) is 2.27. The Bertz CT molecular complexity index is 191. The Kier molecular flexibility index (Phi) is 2.64. The van der Waals surface area contributed by atoms with Crippen LogP contribution in [0.15, 0.2) is 0 Å². The van der Waals surface area contributed by atoms with Crippen LogP contribution < -0.4 is 5.32 Å². The molecule has 4 heteroatoms. The standard InChI is InChI=1S/C8H13NO2.ClH/c10-7(11)6-4-9-5-8(6)2-1-3-8;/h6,9H,1-5H2,(H,10,11);1H. The lowest BCUT2D eigenvalue weighted by molar-refractivity contribution is -0.146. The number of rotatable bonds is 1. The van der Waals surface area contributed by atoms with Crippen LogP contribution >= 0.6 is 12.4 Å². The summed E-state index contributed by atoms with van der Waals surface area (Å²) in [6.45, 7) is 1.60. The molecule has 1 spiro atoms. The summed E-state index contributed by atoms with van der Waals surface area (Å²) in [5, 5.41) is 12.0. The van der Waals surface area contributed by atoms with Crippen molar-refractivity contribution >= 4 is 18.4 Å². The van der Waals surface area contributed by atoms with Gasteiger partial charge in [-0.2, -0.15) is 0 Å². The van der Waals surface area contributed by atoms with Crippen LogP contribution in [0.5, 0.6) is 0 Å². The Hall–Kier alpha value is -0.280. The maximum absolute atomic E-state index is 10.8. The maximum atomic E-state index is 10.8. The summed E-state index contributed by atoms with van der Waals surface area (Å²) in [5.41, 5.74) is 0.145. The second-order valence-electron chi connectivity index (χ2n) is 3.74. The fraction of sp³-hybridized carbons (Fsp3) is 0.875. The predicted molar refractivity (Wildman–Crippen MR) is 47.5 cm³/mol. The third-order valence-corrected chi connectivity index (χ3v) is 3.21. The highest BCUT2D eigenvalue weighted by molar-refractivity contribution is 5.85. The third-order valence-electron chi connectivity index (χ3n) is 3.21. The van der Waals surface area contributed by atoms with Gasteiger partial charge in [0.25, 0.3) is 0 Å². The summed E-state index contributed by atoms with van der Waals surface area (Å²) in [5.74, 6) is -0.731. The first-order chi connectivity index (χ1) is 5.25. The minimum atomic E-state index is -0.616. The molecule has 2 N–H and O–H groups in total. The molecule has 0 amide bonds. The van der Waals surface area contributed by atoms with E-state index in [9.17, 15) is 4.79 Å². The minimum absolute atomic E-state index is 0. The van der Waals surface area contributed by atoms with Gasteiger partial charge in [-0.1, -0.05) is 6.42 Å². The van der Waals surface area contributed by atoms with Crippen molar-refractivity contribution in [3.63, 3.8) is 0 Å². The van der Waals surface area contributed by atoms with Gasteiger partial charge in [-0.15, -0.1) is 12.4 Å². The number of aliphatic carboxylic acids is 1. The second kappa shape index (κ2) is 3.23. The SMILES string of the molecule is Cl.O=C(O)C1CNCC12CCC2. The lowest BCUT2D eigenvalue weighted by Gasteiger charge is -2.40. The third kappa shape index (κ3) is 1.21. The van der Waals surface area contributed by atoms with E-state index in [1.165, 1.54) is 6.42 Å². The zero-order chi connectivity index (χ0) is 7.90. The summed E-state index contributed by atoms with van der Waals surface area (Å²) >= 11 is 0. The van der Waals surface area contributed by atoms with Crippen molar-refractivity contribution in [2.45, 2.75) is 19.3 Å².